The van der Waals surface area contributed by atoms with Crippen molar-refractivity contribution in [1.82, 2.24) is 19.6 Å². The molecular formula is C24H27ClN4O2. The van der Waals surface area contributed by atoms with Gasteiger partial charge in [-0.1, -0.05) is 29.8 Å². The summed E-state index contributed by atoms with van der Waals surface area (Å²) >= 11 is 6.10. The highest BCUT2D eigenvalue weighted by molar-refractivity contribution is 6.30. The normalized spacial score (nSPS) is 14.6. The summed E-state index contributed by atoms with van der Waals surface area (Å²) in [4.78, 5) is 17.4. The number of nitrogens with zero attached hydrogens (tertiary/aromatic N) is 4. The summed E-state index contributed by atoms with van der Waals surface area (Å²) in [5.41, 5.74) is 3.56. The summed E-state index contributed by atoms with van der Waals surface area (Å²) in [5, 5.41) is 5.07. The number of piperazine rings is 1. The fourth-order valence-electron chi connectivity index (χ4n) is 3.88. The lowest BCUT2D eigenvalue weighted by molar-refractivity contribution is 0.0627. The highest BCUT2D eigenvalue weighted by atomic mass is 35.5. The van der Waals surface area contributed by atoms with Crippen LogP contribution in [0.2, 0.25) is 5.02 Å². The average molecular weight is 439 g/mol. The molecule has 0 N–H and O–H groups in total. The molecule has 162 valence electrons. The minimum absolute atomic E-state index is 0.0338. The monoisotopic (exact) mass is 438 g/mol. The number of amides is 1. The molecule has 2 aromatic carbocycles. The summed E-state index contributed by atoms with van der Waals surface area (Å²) in [6.45, 7) is 8.56. The van der Waals surface area contributed by atoms with Crippen LogP contribution in [0.15, 0.2) is 54.7 Å². The molecule has 2 heterocycles. The second-order valence-corrected chi connectivity index (χ2v) is 8.12. The van der Waals surface area contributed by atoms with E-state index in [1.165, 1.54) is 5.56 Å². The number of aromatic nitrogens is 2. The standard InChI is InChI=1S/C24H27ClN4O2/c1-3-31-22-9-7-19(8-10-22)17-27-11-13-28(14-12-27)24(30)23-16-26-29(18(23)2)21-6-4-5-20(25)15-21/h4-10,15-16H,3,11-14,17H2,1-2H3. The first-order valence-electron chi connectivity index (χ1n) is 10.6. The van der Waals surface area contributed by atoms with E-state index in [9.17, 15) is 4.79 Å². The third-order valence-electron chi connectivity index (χ3n) is 5.59. The highest BCUT2D eigenvalue weighted by Gasteiger charge is 2.25. The molecule has 4 rings (SSSR count). The van der Waals surface area contributed by atoms with Crippen molar-refractivity contribution in [3.63, 3.8) is 0 Å². The maximum Gasteiger partial charge on any atom is 0.257 e. The number of hydrogen-bond acceptors (Lipinski definition) is 4. The minimum atomic E-state index is 0.0338. The molecule has 3 aromatic rings. The number of carbonyl (C=O) groups is 1. The Balaban J connectivity index is 1.36. The summed E-state index contributed by atoms with van der Waals surface area (Å²) in [5.74, 6) is 0.932. The maximum absolute atomic E-state index is 13.1. The van der Waals surface area contributed by atoms with Crippen LogP contribution in [0.25, 0.3) is 5.69 Å². The molecule has 0 bridgehead atoms. The topological polar surface area (TPSA) is 50.6 Å². The van der Waals surface area contributed by atoms with Crippen LogP contribution in [0.3, 0.4) is 0 Å². The van der Waals surface area contributed by atoms with E-state index in [1.807, 2.05) is 55.1 Å². The van der Waals surface area contributed by atoms with Crippen LogP contribution >= 0.6 is 11.6 Å². The van der Waals surface area contributed by atoms with Gasteiger partial charge >= 0.3 is 0 Å². The lowest BCUT2D eigenvalue weighted by Crippen LogP contribution is -2.48. The maximum atomic E-state index is 13.1. The van der Waals surface area contributed by atoms with Crippen molar-refractivity contribution in [3.8, 4) is 11.4 Å². The van der Waals surface area contributed by atoms with Gasteiger partial charge in [0.1, 0.15) is 5.75 Å². The smallest absolute Gasteiger partial charge is 0.257 e. The van der Waals surface area contributed by atoms with E-state index in [2.05, 4.69) is 22.1 Å². The Bertz CT molecular complexity index is 1040. The molecule has 7 heteroatoms. The predicted molar refractivity (Wildman–Crippen MR) is 122 cm³/mol. The molecule has 0 unspecified atom stereocenters. The Labute approximate surface area is 188 Å². The van der Waals surface area contributed by atoms with E-state index in [-0.39, 0.29) is 5.91 Å². The molecule has 1 aliphatic heterocycles. The number of halogens is 1. The first kappa shape index (κ1) is 21.4. The molecule has 6 nitrogen and oxygen atoms in total. The molecule has 0 spiro atoms. The molecule has 0 atom stereocenters. The second kappa shape index (κ2) is 9.54. The largest absolute Gasteiger partial charge is 0.494 e. The molecule has 1 saturated heterocycles. The third kappa shape index (κ3) is 4.92. The van der Waals surface area contributed by atoms with Crippen molar-refractivity contribution in [2.24, 2.45) is 0 Å². The fourth-order valence-corrected chi connectivity index (χ4v) is 4.07. The highest BCUT2D eigenvalue weighted by Crippen LogP contribution is 2.20. The number of carbonyl (C=O) groups excluding carboxylic acids is 1. The van der Waals surface area contributed by atoms with Crippen LogP contribution in [-0.4, -0.2) is 58.3 Å². The van der Waals surface area contributed by atoms with Crippen molar-refractivity contribution in [3.05, 3.63) is 76.6 Å². The van der Waals surface area contributed by atoms with E-state index in [1.54, 1.807) is 10.9 Å². The summed E-state index contributed by atoms with van der Waals surface area (Å²) < 4.78 is 7.27. The first-order chi connectivity index (χ1) is 15.0. The minimum Gasteiger partial charge on any atom is -0.494 e. The molecule has 0 radical (unpaired) electrons. The third-order valence-corrected chi connectivity index (χ3v) is 5.83. The Morgan fingerprint density at radius 1 is 1.10 bits per heavy atom. The van der Waals surface area contributed by atoms with Crippen LogP contribution in [-0.2, 0) is 6.54 Å². The molecule has 1 aliphatic rings. The van der Waals surface area contributed by atoms with Crippen molar-refractivity contribution in [1.29, 1.82) is 0 Å². The van der Waals surface area contributed by atoms with Gasteiger partial charge in [-0.2, -0.15) is 5.10 Å². The SMILES string of the molecule is CCOc1ccc(CN2CCN(C(=O)c3cnn(-c4cccc(Cl)c4)c3C)CC2)cc1. The average Bonchev–Trinajstić information content (AvgIpc) is 3.17. The quantitative estimate of drug-likeness (QED) is 0.579. The second-order valence-electron chi connectivity index (χ2n) is 7.68. The van der Waals surface area contributed by atoms with Gasteiger partial charge in [0.25, 0.3) is 5.91 Å². The molecule has 0 aliphatic carbocycles. The van der Waals surface area contributed by atoms with Crippen LogP contribution < -0.4 is 4.74 Å². The van der Waals surface area contributed by atoms with Gasteiger partial charge in [0, 0.05) is 37.7 Å². The first-order valence-corrected chi connectivity index (χ1v) is 11.0. The van der Waals surface area contributed by atoms with Gasteiger partial charge in [-0.3, -0.25) is 9.69 Å². The zero-order valence-electron chi connectivity index (χ0n) is 17.9. The van der Waals surface area contributed by atoms with Crippen LogP contribution in [0.4, 0.5) is 0 Å². The van der Waals surface area contributed by atoms with Gasteiger partial charge in [0.05, 0.1) is 29.7 Å². The number of rotatable bonds is 6. The number of benzene rings is 2. The van der Waals surface area contributed by atoms with Gasteiger partial charge in [-0.25, -0.2) is 4.68 Å². The van der Waals surface area contributed by atoms with Crippen molar-refractivity contribution < 1.29 is 9.53 Å². The van der Waals surface area contributed by atoms with Gasteiger partial charge in [0.2, 0.25) is 0 Å². The van der Waals surface area contributed by atoms with Gasteiger partial charge in [-0.05, 0) is 49.7 Å². The number of ether oxygens (including phenoxy) is 1. The van der Waals surface area contributed by atoms with Crippen molar-refractivity contribution >= 4 is 17.5 Å². The van der Waals surface area contributed by atoms with Gasteiger partial charge in [0.15, 0.2) is 0 Å². The van der Waals surface area contributed by atoms with Gasteiger partial charge in [-0.15, -0.1) is 0 Å². The number of hydrogen-bond donors (Lipinski definition) is 0. The molecule has 1 fully saturated rings. The zero-order chi connectivity index (χ0) is 21.8. The molecule has 1 aromatic heterocycles. The molecular weight excluding hydrogens is 412 g/mol. The van der Waals surface area contributed by atoms with E-state index >= 15 is 0 Å². The van der Waals surface area contributed by atoms with Crippen LogP contribution in [0.1, 0.15) is 28.5 Å². The Morgan fingerprint density at radius 2 is 1.84 bits per heavy atom. The summed E-state index contributed by atoms with van der Waals surface area (Å²) in [6, 6.07) is 15.7. The molecule has 1 amide bonds. The van der Waals surface area contributed by atoms with E-state index in [0.29, 0.717) is 30.3 Å². The van der Waals surface area contributed by atoms with Crippen LogP contribution in [0.5, 0.6) is 5.75 Å². The van der Waals surface area contributed by atoms with Crippen molar-refractivity contribution in [2.75, 3.05) is 32.8 Å². The van der Waals surface area contributed by atoms with E-state index in [0.717, 1.165) is 36.8 Å². The lowest BCUT2D eigenvalue weighted by Gasteiger charge is -2.34. The Morgan fingerprint density at radius 3 is 2.52 bits per heavy atom. The fraction of sp³-hybridized carbons (Fsp3) is 0.333. The Hall–Kier alpha value is -2.83. The van der Waals surface area contributed by atoms with Gasteiger partial charge < -0.3 is 9.64 Å². The lowest BCUT2D eigenvalue weighted by atomic mass is 10.1. The van der Waals surface area contributed by atoms with E-state index in [4.69, 9.17) is 16.3 Å². The summed E-state index contributed by atoms with van der Waals surface area (Å²) in [6.07, 6.45) is 1.66. The summed E-state index contributed by atoms with van der Waals surface area (Å²) in [7, 11) is 0. The zero-order valence-corrected chi connectivity index (χ0v) is 18.7. The molecule has 31 heavy (non-hydrogen) atoms. The van der Waals surface area contributed by atoms with Crippen molar-refractivity contribution in [2.45, 2.75) is 20.4 Å². The van der Waals surface area contributed by atoms with E-state index < -0.39 is 0 Å². The Kier molecular flexibility index (Phi) is 6.59. The molecule has 0 saturated carbocycles. The van der Waals surface area contributed by atoms with Crippen LogP contribution in [0, 0.1) is 6.92 Å². The predicted octanol–water partition coefficient (Wildman–Crippen LogP) is 4.19.